The number of rotatable bonds is 4. The second-order valence-corrected chi connectivity index (χ2v) is 5.59. The Bertz CT molecular complexity index is 543. The molecule has 100 valence electrons. The second-order valence-electron chi connectivity index (χ2n) is 3.88. The largest absolute Gasteiger partial charge is 0.468 e. The molecule has 3 N–H and O–H groups in total. The molecule has 1 aromatic rings. The lowest BCUT2D eigenvalue weighted by atomic mass is 10.1. The first-order valence-corrected chi connectivity index (χ1v) is 6.69. The van der Waals surface area contributed by atoms with Gasteiger partial charge in [-0.25, -0.2) is 8.42 Å². The summed E-state index contributed by atoms with van der Waals surface area (Å²) in [4.78, 5) is 11.1. The first-order valence-electron chi connectivity index (χ1n) is 5.21. The van der Waals surface area contributed by atoms with Gasteiger partial charge in [0.05, 0.1) is 12.0 Å². The van der Waals surface area contributed by atoms with Crippen LogP contribution in [0.2, 0.25) is 0 Å². The first-order chi connectivity index (χ1) is 8.27. The van der Waals surface area contributed by atoms with E-state index in [1.54, 1.807) is 26.0 Å². The molecule has 0 atom stereocenters. The highest BCUT2D eigenvalue weighted by Crippen LogP contribution is 2.22. The Kier molecular flexibility index (Phi) is 4.31. The number of esters is 1. The molecule has 0 aromatic heterocycles. The number of aryl methyl sites for hydroxylation is 2. The van der Waals surface area contributed by atoms with Crippen LogP contribution in [0.25, 0.3) is 0 Å². The smallest absolute Gasteiger partial charge is 0.320 e. The molecule has 0 saturated heterocycles. The zero-order valence-corrected chi connectivity index (χ0v) is 11.3. The average molecular weight is 272 g/mol. The number of carbonyl (C=O) groups excluding carboxylic acids is 1. The number of nitrogens with two attached hydrogens (primary N) is 1. The van der Waals surface area contributed by atoms with Crippen molar-refractivity contribution in [2.45, 2.75) is 18.7 Å². The van der Waals surface area contributed by atoms with Crippen LogP contribution >= 0.6 is 0 Å². The fourth-order valence-corrected chi connectivity index (χ4v) is 3.12. The van der Waals surface area contributed by atoms with Crippen LogP contribution in [0.3, 0.4) is 0 Å². The summed E-state index contributed by atoms with van der Waals surface area (Å²) in [6.07, 6.45) is 0. The molecule has 6 nitrogen and oxygen atoms in total. The van der Waals surface area contributed by atoms with Crippen LogP contribution in [0, 0.1) is 13.8 Å². The zero-order chi connectivity index (χ0) is 13.9. The number of carbonyl (C=O) groups is 1. The van der Waals surface area contributed by atoms with Crippen LogP contribution in [0.5, 0.6) is 0 Å². The summed E-state index contributed by atoms with van der Waals surface area (Å²) in [5.41, 5.74) is 7.19. The highest BCUT2D eigenvalue weighted by molar-refractivity contribution is 7.89. The molecular formula is C11H16N2O4S. The Morgan fingerprint density at radius 1 is 1.33 bits per heavy atom. The van der Waals surface area contributed by atoms with Gasteiger partial charge in [0.1, 0.15) is 6.54 Å². The molecule has 0 spiro atoms. The minimum atomic E-state index is -3.75. The molecule has 0 aliphatic rings. The van der Waals surface area contributed by atoms with Gasteiger partial charge in [-0.05, 0) is 37.1 Å². The molecule has 0 aliphatic carbocycles. The first kappa shape index (κ1) is 14.5. The number of sulfonamides is 1. The van der Waals surface area contributed by atoms with E-state index in [2.05, 4.69) is 9.46 Å². The van der Waals surface area contributed by atoms with Crippen molar-refractivity contribution in [1.82, 2.24) is 4.72 Å². The van der Waals surface area contributed by atoms with Crippen molar-refractivity contribution in [3.63, 3.8) is 0 Å². The van der Waals surface area contributed by atoms with Gasteiger partial charge in [-0.3, -0.25) is 4.79 Å². The molecule has 1 rings (SSSR count). The standard InChI is InChI=1S/C11H16N2O4S/c1-7-4-9(12)5-8(2)11(7)18(15,16)13-6-10(14)17-3/h4-5,13H,6,12H2,1-3H3. The monoisotopic (exact) mass is 272 g/mol. The minimum absolute atomic E-state index is 0.139. The van der Waals surface area contributed by atoms with Gasteiger partial charge in [-0.1, -0.05) is 0 Å². The van der Waals surface area contributed by atoms with E-state index in [0.717, 1.165) is 0 Å². The molecule has 0 fully saturated rings. The lowest BCUT2D eigenvalue weighted by Crippen LogP contribution is -2.31. The van der Waals surface area contributed by atoms with Crippen LogP contribution in [-0.2, 0) is 19.6 Å². The highest BCUT2D eigenvalue weighted by Gasteiger charge is 2.20. The van der Waals surface area contributed by atoms with Crippen LogP contribution in [0.1, 0.15) is 11.1 Å². The lowest BCUT2D eigenvalue weighted by Gasteiger charge is -2.12. The molecule has 0 heterocycles. The quantitative estimate of drug-likeness (QED) is 0.608. The molecule has 0 saturated carbocycles. The number of ether oxygens (including phenoxy) is 1. The van der Waals surface area contributed by atoms with Crippen molar-refractivity contribution < 1.29 is 17.9 Å². The van der Waals surface area contributed by atoms with Gasteiger partial charge in [0.15, 0.2) is 0 Å². The van der Waals surface area contributed by atoms with E-state index in [-0.39, 0.29) is 4.90 Å². The second kappa shape index (κ2) is 5.36. The number of nitrogens with one attached hydrogen (secondary N) is 1. The van der Waals surface area contributed by atoms with Crippen LogP contribution < -0.4 is 10.5 Å². The number of hydrogen-bond donors (Lipinski definition) is 2. The van der Waals surface area contributed by atoms with Crippen molar-refractivity contribution in [2.75, 3.05) is 19.4 Å². The fourth-order valence-electron chi connectivity index (χ4n) is 1.71. The van der Waals surface area contributed by atoms with Crippen molar-refractivity contribution >= 4 is 21.7 Å². The van der Waals surface area contributed by atoms with Crippen LogP contribution in [0.4, 0.5) is 5.69 Å². The van der Waals surface area contributed by atoms with E-state index < -0.39 is 22.5 Å². The predicted octanol–water partition coefficient (Wildman–Crippen LogP) is 0.337. The topological polar surface area (TPSA) is 98.5 Å². The van der Waals surface area contributed by atoms with E-state index in [0.29, 0.717) is 16.8 Å². The summed E-state index contributed by atoms with van der Waals surface area (Å²) in [6.45, 7) is 2.90. The van der Waals surface area contributed by atoms with Crippen molar-refractivity contribution in [3.8, 4) is 0 Å². The molecule has 1 aromatic carbocycles. The zero-order valence-electron chi connectivity index (χ0n) is 10.5. The van der Waals surface area contributed by atoms with Gasteiger partial charge < -0.3 is 10.5 Å². The summed E-state index contributed by atoms with van der Waals surface area (Å²) in [7, 11) is -2.56. The maximum atomic E-state index is 12.0. The molecule has 7 heteroatoms. The molecule has 0 amide bonds. The fraction of sp³-hybridized carbons (Fsp3) is 0.364. The third-order valence-corrected chi connectivity index (χ3v) is 4.09. The van der Waals surface area contributed by atoms with Gasteiger partial charge in [0, 0.05) is 5.69 Å². The summed E-state index contributed by atoms with van der Waals surface area (Å²) in [5, 5.41) is 0. The maximum Gasteiger partial charge on any atom is 0.320 e. The highest BCUT2D eigenvalue weighted by atomic mass is 32.2. The molecule has 0 unspecified atom stereocenters. The minimum Gasteiger partial charge on any atom is -0.468 e. The Hall–Kier alpha value is -1.60. The molecule has 18 heavy (non-hydrogen) atoms. The van der Waals surface area contributed by atoms with Crippen molar-refractivity contribution in [2.24, 2.45) is 0 Å². The summed E-state index contributed by atoms with van der Waals surface area (Å²) >= 11 is 0. The maximum absolute atomic E-state index is 12.0. The Labute approximate surface area is 106 Å². The molecular weight excluding hydrogens is 256 g/mol. The van der Waals surface area contributed by atoms with E-state index in [1.165, 1.54) is 7.11 Å². The Balaban J connectivity index is 3.10. The summed E-state index contributed by atoms with van der Waals surface area (Å²) < 4.78 is 30.7. The van der Waals surface area contributed by atoms with Gasteiger partial charge in [-0.15, -0.1) is 0 Å². The van der Waals surface area contributed by atoms with Crippen molar-refractivity contribution in [3.05, 3.63) is 23.3 Å². The Morgan fingerprint density at radius 2 is 1.83 bits per heavy atom. The number of methoxy groups -OCH3 is 1. The van der Waals surface area contributed by atoms with Crippen LogP contribution in [-0.4, -0.2) is 28.0 Å². The van der Waals surface area contributed by atoms with Gasteiger partial charge >= 0.3 is 5.97 Å². The number of hydrogen-bond acceptors (Lipinski definition) is 5. The number of nitrogen functional groups attached to an aromatic ring is 1. The van der Waals surface area contributed by atoms with E-state index in [1.807, 2.05) is 0 Å². The van der Waals surface area contributed by atoms with Crippen molar-refractivity contribution in [1.29, 1.82) is 0 Å². The van der Waals surface area contributed by atoms with Gasteiger partial charge in [-0.2, -0.15) is 4.72 Å². The van der Waals surface area contributed by atoms with Gasteiger partial charge in [0.2, 0.25) is 10.0 Å². The number of benzene rings is 1. The van der Waals surface area contributed by atoms with Gasteiger partial charge in [0.25, 0.3) is 0 Å². The normalized spacial score (nSPS) is 11.3. The molecule has 0 bridgehead atoms. The molecule has 0 radical (unpaired) electrons. The Morgan fingerprint density at radius 3 is 2.28 bits per heavy atom. The average Bonchev–Trinajstić information content (AvgIpc) is 2.24. The third-order valence-electron chi connectivity index (χ3n) is 2.39. The van der Waals surface area contributed by atoms with Crippen LogP contribution in [0.15, 0.2) is 17.0 Å². The van der Waals surface area contributed by atoms with E-state index in [4.69, 9.17) is 5.73 Å². The predicted molar refractivity (Wildman–Crippen MR) is 67.5 cm³/mol. The summed E-state index contributed by atoms with van der Waals surface area (Å²) in [6, 6.07) is 3.14. The van der Waals surface area contributed by atoms with E-state index in [9.17, 15) is 13.2 Å². The summed E-state index contributed by atoms with van der Waals surface area (Å²) in [5.74, 6) is -0.649. The number of anilines is 1. The SMILES string of the molecule is COC(=O)CNS(=O)(=O)c1c(C)cc(N)cc1C. The third kappa shape index (κ3) is 3.21. The lowest BCUT2D eigenvalue weighted by molar-refractivity contribution is -0.139. The molecule has 0 aliphatic heterocycles. The van der Waals surface area contributed by atoms with E-state index >= 15 is 0 Å².